The third-order valence-electron chi connectivity index (χ3n) is 9.67. The van der Waals surface area contributed by atoms with Crippen LogP contribution in [0.4, 0.5) is 0 Å². The lowest BCUT2D eigenvalue weighted by molar-refractivity contribution is -0.133. The monoisotopic (exact) mass is 627 g/mol. The van der Waals surface area contributed by atoms with E-state index in [9.17, 15) is 25.1 Å². The largest absolute Gasteiger partial charge is 0.391 e. The molecule has 6 rings (SSSR count). The highest BCUT2D eigenvalue weighted by Crippen LogP contribution is 2.33. The fraction of sp³-hybridized carbons (Fsp3) is 0.325. The fourth-order valence-electron chi connectivity index (χ4n) is 7.29. The maximum absolute atomic E-state index is 13.9. The molecule has 3 N–H and O–H groups in total. The second-order valence-electron chi connectivity index (χ2n) is 13.0. The van der Waals surface area contributed by atoms with Gasteiger partial charge < -0.3 is 20.4 Å². The van der Waals surface area contributed by atoms with Crippen molar-refractivity contribution in [2.45, 2.75) is 62.8 Å². The summed E-state index contributed by atoms with van der Waals surface area (Å²) in [6.07, 6.45) is 1.34. The first-order valence-corrected chi connectivity index (χ1v) is 16.5. The van der Waals surface area contributed by atoms with Gasteiger partial charge in [0.2, 0.25) is 11.8 Å². The Labute approximate surface area is 276 Å². The molecule has 4 aromatic rings. The topological polar surface area (TPSA) is 114 Å². The van der Waals surface area contributed by atoms with Crippen LogP contribution in [0.2, 0.25) is 0 Å². The first kappa shape index (κ1) is 32.2. The number of amides is 2. The number of nitriles is 1. The first-order valence-electron chi connectivity index (χ1n) is 16.5. The van der Waals surface area contributed by atoms with Gasteiger partial charge in [-0.05, 0) is 72.1 Å². The smallest absolute Gasteiger partial charge is 0.226 e. The molecule has 4 aromatic carbocycles. The lowest BCUT2D eigenvalue weighted by Crippen LogP contribution is -2.43. The summed E-state index contributed by atoms with van der Waals surface area (Å²) < 4.78 is 0. The number of aliphatic hydroxyl groups is 2. The lowest BCUT2D eigenvalue weighted by atomic mass is 9.91. The molecular weight excluding hydrogens is 586 g/mol. The molecule has 0 spiro atoms. The Balaban J connectivity index is 1.18. The summed E-state index contributed by atoms with van der Waals surface area (Å²) in [6, 6.07) is 36.5. The van der Waals surface area contributed by atoms with Crippen molar-refractivity contribution in [1.82, 2.24) is 10.2 Å². The van der Waals surface area contributed by atoms with Gasteiger partial charge in [0, 0.05) is 30.8 Å². The van der Waals surface area contributed by atoms with Gasteiger partial charge in [-0.15, -0.1) is 0 Å². The molecule has 0 saturated carbocycles. The molecule has 47 heavy (non-hydrogen) atoms. The molecule has 1 heterocycles. The number of nitrogens with one attached hydrogen (secondary N) is 1. The number of rotatable bonds is 12. The normalized spacial score (nSPS) is 21.6. The number of benzene rings is 4. The van der Waals surface area contributed by atoms with Crippen molar-refractivity contribution in [2.75, 3.05) is 6.54 Å². The van der Waals surface area contributed by atoms with Crippen LogP contribution in [0.5, 0.6) is 0 Å². The predicted octanol–water partition coefficient (Wildman–Crippen LogP) is 4.94. The van der Waals surface area contributed by atoms with Crippen LogP contribution in [0.15, 0.2) is 109 Å². The van der Waals surface area contributed by atoms with Crippen LogP contribution in [0.3, 0.4) is 0 Å². The van der Waals surface area contributed by atoms with Crippen molar-refractivity contribution < 1.29 is 19.8 Å². The van der Waals surface area contributed by atoms with E-state index >= 15 is 0 Å². The average molecular weight is 628 g/mol. The highest BCUT2D eigenvalue weighted by molar-refractivity contribution is 5.82. The van der Waals surface area contributed by atoms with Gasteiger partial charge in [-0.2, -0.15) is 5.26 Å². The van der Waals surface area contributed by atoms with E-state index in [0.717, 1.165) is 27.8 Å². The summed E-state index contributed by atoms with van der Waals surface area (Å²) in [7, 11) is 0. The minimum Gasteiger partial charge on any atom is -0.391 e. The molecule has 2 unspecified atom stereocenters. The highest BCUT2D eigenvalue weighted by atomic mass is 16.3. The Bertz CT molecular complexity index is 1700. The van der Waals surface area contributed by atoms with Crippen LogP contribution >= 0.6 is 0 Å². The number of hydrogen-bond acceptors (Lipinski definition) is 5. The van der Waals surface area contributed by atoms with E-state index in [1.807, 2.05) is 89.8 Å². The van der Waals surface area contributed by atoms with Gasteiger partial charge in [-0.25, -0.2) is 0 Å². The summed E-state index contributed by atoms with van der Waals surface area (Å²) in [5, 5.41) is 34.6. The SMILES string of the molecule is N#Cc1ccc(CC2C[C@H](Cc3ccccc3)N(C[C@@H](O)C[C@@H](Cc3ccccc3)C(=O)NC3c4ccccc4C[C@H]3O)C2=O)cc1. The minimum absolute atomic E-state index is 0.00378. The van der Waals surface area contributed by atoms with Gasteiger partial charge >= 0.3 is 0 Å². The summed E-state index contributed by atoms with van der Waals surface area (Å²) in [4.78, 5) is 29.6. The van der Waals surface area contributed by atoms with Crippen LogP contribution in [0.25, 0.3) is 0 Å². The van der Waals surface area contributed by atoms with Crippen LogP contribution in [-0.4, -0.2) is 51.7 Å². The van der Waals surface area contributed by atoms with Gasteiger partial charge in [-0.3, -0.25) is 9.59 Å². The maximum atomic E-state index is 13.9. The van der Waals surface area contributed by atoms with Crippen molar-refractivity contribution in [3.05, 3.63) is 143 Å². The summed E-state index contributed by atoms with van der Waals surface area (Å²) >= 11 is 0. The Kier molecular flexibility index (Phi) is 10.1. The summed E-state index contributed by atoms with van der Waals surface area (Å²) in [5.74, 6) is -1.02. The van der Waals surface area contributed by atoms with E-state index in [1.54, 1.807) is 12.1 Å². The molecule has 7 nitrogen and oxygen atoms in total. The molecule has 6 atom stereocenters. The molecule has 1 saturated heterocycles. The molecule has 240 valence electrons. The number of fused-ring (bicyclic) bond motifs is 1. The van der Waals surface area contributed by atoms with Crippen molar-refractivity contribution in [2.24, 2.45) is 11.8 Å². The van der Waals surface area contributed by atoms with E-state index in [2.05, 4.69) is 23.5 Å². The zero-order valence-electron chi connectivity index (χ0n) is 26.4. The van der Waals surface area contributed by atoms with Crippen molar-refractivity contribution in [3.63, 3.8) is 0 Å². The molecule has 7 heteroatoms. The maximum Gasteiger partial charge on any atom is 0.226 e. The predicted molar refractivity (Wildman–Crippen MR) is 180 cm³/mol. The van der Waals surface area contributed by atoms with E-state index in [-0.39, 0.29) is 36.7 Å². The molecule has 0 radical (unpaired) electrons. The van der Waals surface area contributed by atoms with Crippen LogP contribution < -0.4 is 5.32 Å². The Hall–Kier alpha value is -4.77. The second kappa shape index (κ2) is 14.8. The number of nitrogens with zero attached hydrogens (tertiary/aromatic N) is 2. The summed E-state index contributed by atoms with van der Waals surface area (Å²) in [5.41, 5.74) is 5.64. The van der Waals surface area contributed by atoms with Gasteiger partial charge in [0.25, 0.3) is 0 Å². The van der Waals surface area contributed by atoms with Gasteiger partial charge in [0.15, 0.2) is 0 Å². The van der Waals surface area contributed by atoms with Crippen LogP contribution in [0, 0.1) is 23.2 Å². The van der Waals surface area contributed by atoms with E-state index < -0.39 is 24.2 Å². The Morgan fingerprint density at radius 1 is 0.872 bits per heavy atom. The molecule has 1 aliphatic carbocycles. The number of hydrogen-bond donors (Lipinski definition) is 3. The molecular formula is C40H41N3O4. The van der Waals surface area contributed by atoms with Crippen molar-refractivity contribution in [3.8, 4) is 6.07 Å². The van der Waals surface area contributed by atoms with Crippen LogP contribution in [0.1, 0.15) is 52.3 Å². The summed E-state index contributed by atoms with van der Waals surface area (Å²) in [6.45, 7) is 0.133. The lowest BCUT2D eigenvalue weighted by Gasteiger charge is -2.29. The third-order valence-corrected chi connectivity index (χ3v) is 9.67. The van der Waals surface area contributed by atoms with Crippen molar-refractivity contribution >= 4 is 11.8 Å². The number of carbonyl (C=O) groups excluding carboxylic acids is 2. The van der Waals surface area contributed by atoms with Crippen molar-refractivity contribution in [1.29, 1.82) is 5.26 Å². The quantitative estimate of drug-likeness (QED) is 0.206. The molecule has 0 aromatic heterocycles. The fourth-order valence-corrected chi connectivity index (χ4v) is 7.29. The molecule has 2 amide bonds. The molecule has 1 aliphatic heterocycles. The number of likely N-dealkylation sites (tertiary alicyclic amines) is 1. The van der Waals surface area contributed by atoms with E-state index in [1.165, 1.54) is 0 Å². The zero-order valence-corrected chi connectivity index (χ0v) is 26.4. The Morgan fingerprint density at radius 2 is 1.51 bits per heavy atom. The number of aliphatic hydroxyl groups excluding tert-OH is 2. The second-order valence-corrected chi connectivity index (χ2v) is 13.0. The Morgan fingerprint density at radius 3 is 2.21 bits per heavy atom. The van der Waals surface area contributed by atoms with Gasteiger partial charge in [0.1, 0.15) is 0 Å². The zero-order chi connectivity index (χ0) is 32.8. The minimum atomic E-state index is -0.925. The molecule has 1 fully saturated rings. The average Bonchev–Trinajstić information content (AvgIpc) is 3.55. The van der Waals surface area contributed by atoms with Crippen LogP contribution in [-0.2, 0) is 35.3 Å². The standard InChI is InChI=1S/C40H41N3O4/c41-25-30-17-15-29(16-18-30)20-33-22-34(21-28-11-5-2-6-12-28)43(40(33)47)26-35(44)23-32(19-27-9-3-1-4-10-27)39(46)42-38-36-14-8-7-13-31(36)24-37(38)45/h1-18,32-35,37-38,44-45H,19-24,26H2,(H,42,46)/t32-,33?,34+,35+,37-,38?/m1/s1. The first-order chi connectivity index (χ1) is 22.9. The molecule has 0 bridgehead atoms. The van der Waals surface area contributed by atoms with E-state index in [0.29, 0.717) is 37.7 Å². The van der Waals surface area contributed by atoms with E-state index in [4.69, 9.17) is 0 Å². The third kappa shape index (κ3) is 7.79. The number of carbonyl (C=O) groups is 2. The number of β-amino-alcohol motifs (C(OH)–C–C–N with tert-alkyl or cyclic N) is 1. The van der Waals surface area contributed by atoms with Gasteiger partial charge in [-0.1, -0.05) is 97.1 Å². The molecule has 2 aliphatic rings. The highest BCUT2D eigenvalue weighted by Gasteiger charge is 2.41. The van der Waals surface area contributed by atoms with Gasteiger partial charge in [0.05, 0.1) is 29.9 Å².